The van der Waals surface area contributed by atoms with Crippen molar-refractivity contribution in [3.8, 4) is 71.0 Å². The van der Waals surface area contributed by atoms with Gasteiger partial charge in [-0.05, 0) is 182 Å². The number of rotatable bonds is 3. The number of pyridine rings is 3. The fraction of sp³-hybridized carbons (Fsp3) is 0. The van der Waals surface area contributed by atoms with E-state index in [1.165, 1.54) is 0 Å². The predicted molar refractivity (Wildman–Crippen MR) is 269 cm³/mol. The van der Waals surface area contributed by atoms with E-state index in [0.717, 1.165) is 83.8 Å². The summed E-state index contributed by atoms with van der Waals surface area (Å²) in [5, 5.41) is 0. The highest BCUT2D eigenvalue weighted by atomic mass is 15.1. The van der Waals surface area contributed by atoms with Gasteiger partial charge in [0.15, 0.2) is 0 Å². The van der Waals surface area contributed by atoms with Gasteiger partial charge in [-0.2, -0.15) is 0 Å². The first-order valence-corrected chi connectivity index (χ1v) is 21.4. The minimum absolute atomic E-state index is 0.907. The molecule has 4 heteroatoms. The molecule has 4 nitrogen and oxygen atoms in total. The zero-order chi connectivity index (χ0) is 45.3. The summed E-state index contributed by atoms with van der Waals surface area (Å²) in [5.41, 5.74) is 14.0. The lowest BCUT2D eigenvalue weighted by Crippen LogP contribution is -2.09. The van der Waals surface area contributed by atoms with Crippen LogP contribution in [0.1, 0.15) is 66.8 Å². The summed E-state index contributed by atoms with van der Waals surface area (Å²) in [4.78, 5) is 14.4. The molecule has 0 N–H and O–H groups in total. The summed E-state index contributed by atoms with van der Waals surface area (Å²) in [6, 6.07) is 60.2. The number of anilines is 3. The highest BCUT2D eigenvalue weighted by molar-refractivity contribution is 5.77. The molecule has 0 saturated carbocycles. The molecule has 0 fully saturated rings. The van der Waals surface area contributed by atoms with E-state index in [0.29, 0.717) is 0 Å². The molecular weight excluding hydrogens is 813 g/mol. The van der Waals surface area contributed by atoms with Gasteiger partial charge in [-0.25, -0.2) is 0 Å². The molecule has 0 bridgehead atoms. The molecule has 0 aliphatic rings. The monoisotopic (exact) mass is 848 g/mol. The molecule has 67 heavy (non-hydrogen) atoms. The minimum Gasteiger partial charge on any atom is -0.311 e. The molecule has 9 rings (SSSR count). The first-order valence-electron chi connectivity index (χ1n) is 21.4. The number of aromatic nitrogens is 3. The Kier molecular flexibility index (Phi) is 13.5. The highest BCUT2D eigenvalue weighted by Crippen LogP contribution is 2.35. The lowest BCUT2D eigenvalue weighted by Gasteiger charge is -2.25. The van der Waals surface area contributed by atoms with Crippen molar-refractivity contribution in [3.05, 3.63) is 286 Å². The Hall–Kier alpha value is -10.1. The van der Waals surface area contributed by atoms with Crippen molar-refractivity contribution in [2.45, 2.75) is 0 Å². The molecule has 0 saturated heterocycles. The molecule has 0 aliphatic heterocycles. The minimum atomic E-state index is 0.907. The van der Waals surface area contributed by atoms with E-state index in [1.54, 1.807) is 37.2 Å². The van der Waals surface area contributed by atoms with Crippen molar-refractivity contribution < 1.29 is 0 Å². The maximum atomic E-state index is 4.05. The third-order valence-electron chi connectivity index (χ3n) is 10.2. The van der Waals surface area contributed by atoms with Crippen LogP contribution in [0.3, 0.4) is 0 Å². The summed E-state index contributed by atoms with van der Waals surface area (Å²) in [7, 11) is 0. The van der Waals surface area contributed by atoms with Crippen molar-refractivity contribution in [2.75, 3.05) is 4.90 Å². The number of benzene rings is 6. The Morgan fingerprint density at radius 1 is 0.179 bits per heavy atom. The standard InChI is InChI=1S/C63H36N4/c1-7-52(19-22-58-37-43-64-44-38-58)8-2-49(1)13-16-55-25-31-61(32-26-55)67(62-33-27-56(28-34-62)17-14-50-3-9-53(10-4-50)20-23-59-39-45-65-46-40-59)63-35-29-57(30-36-63)18-15-51-5-11-54(12-6-51)21-24-60-41-47-66-48-42-60/h1-12,25-48H. The van der Waals surface area contributed by atoms with Crippen LogP contribution < -0.4 is 4.90 Å². The molecule has 0 atom stereocenters. The van der Waals surface area contributed by atoms with Gasteiger partial charge in [0.25, 0.3) is 0 Å². The fourth-order valence-corrected chi connectivity index (χ4v) is 6.61. The molecular formula is C63H36N4. The zero-order valence-electron chi connectivity index (χ0n) is 36.1. The van der Waals surface area contributed by atoms with Gasteiger partial charge in [-0.1, -0.05) is 71.0 Å². The van der Waals surface area contributed by atoms with E-state index in [2.05, 4.69) is 164 Å². The summed E-state index contributed by atoms with van der Waals surface area (Å²) in [5.74, 6) is 39.0. The van der Waals surface area contributed by atoms with Crippen LogP contribution >= 0.6 is 0 Å². The van der Waals surface area contributed by atoms with E-state index < -0.39 is 0 Å². The van der Waals surface area contributed by atoms with E-state index in [1.807, 2.05) is 109 Å². The quantitative estimate of drug-likeness (QED) is 0.166. The van der Waals surface area contributed by atoms with Crippen LogP contribution in [0.15, 0.2) is 219 Å². The maximum Gasteiger partial charge on any atom is 0.0462 e. The average Bonchev–Trinajstić information content (AvgIpc) is 3.40. The Balaban J connectivity index is 0.929. The van der Waals surface area contributed by atoms with E-state index in [-0.39, 0.29) is 0 Å². The zero-order valence-corrected chi connectivity index (χ0v) is 36.1. The van der Waals surface area contributed by atoms with Gasteiger partial charge in [0, 0.05) is 121 Å². The van der Waals surface area contributed by atoms with Crippen molar-refractivity contribution in [1.82, 2.24) is 15.0 Å². The second kappa shape index (κ2) is 21.3. The molecule has 3 aromatic heterocycles. The van der Waals surface area contributed by atoms with E-state index in [9.17, 15) is 0 Å². The topological polar surface area (TPSA) is 41.9 Å². The molecule has 308 valence electrons. The predicted octanol–water partition coefficient (Wildman–Crippen LogP) is 11.7. The first-order chi connectivity index (χ1) is 33.1. The third kappa shape index (κ3) is 12.1. The van der Waals surface area contributed by atoms with Crippen molar-refractivity contribution >= 4 is 17.1 Å². The van der Waals surface area contributed by atoms with Gasteiger partial charge in [-0.3, -0.25) is 15.0 Å². The molecule has 0 aliphatic carbocycles. The van der Waals surface area contributed by atoms with Crippen LogP contribution in [0, 0.1) is 71.0 Å². The Bertz CT molecular complexity index is 3130. The van der Waals surface area contributed by atoms with Gasteiger partial charge in [0.05, 0.1) is 0 Å². The van der Waals surface area contributed by atoms with Crippen LogP contribution in [-0.2, 0) is 0 Å². The van der Waals surface area contributed by atoms with E-state index >= 15 is 0 Å². The molecule has 0 unspecified atom stereocenters. The molecule has 3 heterocycles. The molecule has 0 radical (unpaired) electrons. The van der Waals surface area contributed by atoms with Gasteiger partial charge < -0.3 is 4.90 Å². The molecule has 6 aromatic carbocycles. The van der Waals surface area contributed by atoms with E-state index in [4.69, 9.17) is 0 Å². The van der Waals surface area contributed by atoms with Crippen molar-refractivity contribution in [1.29, 1.82) is 0 Å². The van der Waals surface area contributed by atoms with Crippen molar-refractivity contribution in [3.63, 3.8) is 0 Å². The fourth-order valence-electron chi connectivity index (χ4n) is 6.61. The Morgan fingerprint density at radius 3 is 0.478 bits per heavy atom. The summed E-state index contributed by atoms with van der Waals surface area (Å²) in [6.07, 6.45) is 10.5. The van der Waals surface area contributed by atoms with Crippen molar-refractivity contribution in [2.24, 2.45) is 0 Å². The normalized spacial score (nSPS) is 9.67. The summed E-state index contributed by atoms with van der Waals surface area (Å²) < 4.78 is 0. The molecule has 9 aromatic rings. The second-order valence-electron chi connectivity index (χ2n) is 14.9. The lowest BCUT2D eigenvalue weighted by atomic mass is 10.1. The Morgan fingerprint density at radius 2 is 0.313 bits per heavy atom. The lowest BCUT2D eigenvalue weighted by molar-refractivity contribution is 1.28. The number of nitrogens with zero attached hydrogens (tertiary/aromatic N) is 4. The van der Waals surface area contributed by atoms with Gasteiger partial charge >= 0.3 is 0 Å². The van der Waals surface area contributed by atoms with Gasteiger partial charge in [0.1, 0.15) is 0 Å². The van der Waals surface area contributed by atoms with Crippen LogP contribution in [0.25, 0.3) is 0 Å². The maximum absolute atomic E-state index is 4.05. The van der Waals surface area contributed by atoms with Crippen LogP contribution in [0.5, 0.6) is 0 Å². The average molecular weight is 849 g/mol. The van der Waals surface area contributed by atoms with Crippen LogP contribution in [0.2, 0.25) is 0 Å². The number of hydrogen-bond acceptors (Lipinski definition) is 4. The van der Waals surface area contributed by atoms with Crippen LogP contribution in [-0.4, -0.2) is 15.0 Å². The SMILES string of the molecule is C(#Cc1ccc(C#Cc2ccc(N(c3ccc(C#Cc4ccc(C#Cc5ccncc5)cc4)cc3)c3ccc(C#Cc4ccc(C#Cc5ccncc5)cc4)cc3)cc2)cc1)c1ccncc1. The number of hydrogen-bond donors (Lipinski definition) is 0. The van der Waals surface area contributed by atoms with Gasteiger partial charge in [-0.15, -0.1) is 0 Å². The Labute approximate surface area is 392 Å². The van der Waals surface area contributed by atoms with Gasteiger partial charge in [0.2, 0.25) is 0 Å². The third-order valence-corrected chi connectivity index (χ3v) is 10.2. The second-order valence-corrected chi connectivity index (χ2v) is 14.9. The largest absolute Gasteiger partial charge is 0.311 e. The smallest absolute Gasteiger partial charge is 0.0462 e. The summed E-state index contributed by atoms with van der Waals surface area (Å²) in [6.45, 7) is 0. The molecule has 0 spiro atoms. The van der Waals surface area contributed by atoms with Crippen LogP contribution in [0.4, 0.5) is 17.1 Å². The highest BCUT2D eigenvalue weighted by Gasteiger charge is 2.12. The first kappa shape index (κ1) is 42.2. The molecule has 0 amide bonds. The summed E-state index contributed by atoms with van der Waals surface area (Å²) >= 11 is 0.